The second-order valence-corrected chi connectivity index (χ2v) is 5.65. The lowest BCUT2D eigenvalue weighted by atomic mass is 9.95. The molecular weight excluding hydrogens is 243 g/mol. The molecule has 1 heterocycles. The van der Waals surface area contributed by atoms with E-state index in [1.807, 2.05) is 6.07 Å². The van der Waals surface area contributed by atoms with Gasteiger partial charge in [0, 0.05) is 5.39 Å². The third-order valence-electron chi connectivity index (χ3n) is 4.19. The van der Waals surface area contributed by atoms with Crippen LogP contribution in [0.1, 0.15) is 38.0 Å². The number of hydrazine groups is 1. The van der Waals surface area contributed by atoms with E-state index in [1.54, 1.807) is 6.07 Å². The van der Waals surface area contributed by atoms with Crippen LogP contribution in [0.15, 0.2) is 28.7 Å². The van der Waals surface area contributed by atoms with Crippen LogP contribution in [0.2, 0.25) is 0 Å². The average molecular weight is 262 g/mol. The largest absolute Gasteiger partial charge is 0.459 e. The molecule has 3 nitrogen and oxygen atoms in total. The molecule has 0 radical (unpaired) electrons. The predicted octanol–water partition coefficient (Wildman–Crippen LogP) is 3.51. The van der Waals surface area contributed by atoms with Crippen LogP contribution < -0.4 is 11.3 Å². The molecule has 1 aromatic carbocycles. The standard InChI is InChI=1S/C15H19FN2O/c1-9-2-3-10(6-9)15(18-17)14-8-11-7-12(16)4-5-13(11)19-14/h4-5,7-10,15,18H,2-3,6,17H2,1H3. The van der Waals surface area contributed by atoms with Gasteiger partial charge in [-0.2, -0.15) is 0 Å². The summed E-state index contributed by atoms with van der Waals surface area (Å²) in [6, 6.07) is 6.48. The second kappa shape index (κ2) is 4.94. The highest BCUT2D eigenvalue weighted by molar-refractivity contribution is 5.78. The fourth-order valence-electron chi connectivity index (χ4n) is 3.19. The van der Waals surface area contributed by atoms with Gasteiger partial charge in [0.2, 0.25) is 0 Å². The number of rotatable bonds is 3. The Morgan fingerprint density at radius 2 is 2.21 bits per heavy atom. The lowest BCUT2D eigenvalue weighted by Crippen LogP contribution is -2.32. The number of hydrogen-bond donors (Lipinski definition) is 2. The minimum absolute atomic E-state index is 0.0143. The maximum atomic E-state index is 13.2. The van der Waals surface area contributed by atoms with Crippen LogP contribution in [0.4, 0.5) is 4.39 Å². The molecule has 1 aliphatic carbocycles. The number of hydrogen-bond acceptors (Lipinski definition) is 3. The molecule has 3 rings (SSSR count). The van der Waals surface area contributed by atoms with Gasteiger partial charge >= 0.3 is 0 Å². The molecule has 4 heteroatoms. The maximum Gasteiger partial charge on any atom is 0.134 e. The van der Waals surface area contributed by atoms with Crippen molar-refractivity contribution in [2.75, 3.05) is 0 Å². The van der Waals surface area contributed by atoms with Gasteiger partial charge in [-0.1, -0.05) is 13.3 Å². The van der Waals surface area contributed by atoms with Crippen molar-refractivity contribution in [3.8, 4) is 0 Å². The minimum atomic E-state index is -0.244. The fourth-order valence-corrected chi connectivity index (χ4v) is 3.19. The van der Waals surface area contributed by atoms with Gasteiger partial charge in [0.05, 0.1) is 6.04 Å². The molecule has 1 aliphatic rings. The summed E-state index contributed by atoms with van der Waals surface area (Å²) in [4.78, 5) is 0. The van der Waals surface area contributed by atoms with E-state index in [4.69, 9.17) is 10.3 Å². The zero-order valence-electron chi connectivity index (χ0n) is 11.0. The molecule has 0 spiro atoms. The minimum Gasteiger partial charge on any atom is -0.459 e. The molecule has 0 amide bonds. The summed E-state index contributed by atoms with van der Waals surface area (Å²) in [6.45, 7) is 2.27. The first kappa shape index (κ1) is 12.6. The Balaban J connectivity index is 1.92. The predicted molar refractivity (Wildman–Crippen MR) is 72.7 cm³/mol. The van der Waals surface area contributed by atoms with E-state index in [2.05, 4.69) is 12.3 Å². The maximum absolute atomic E-state index is 13.2. The monoisotopic (exact) mass is 262 g/mol. The van der Waals surface area contributed by atoms with E-state index < -0.39 is 0 Å². The third kappa shape index (κ3) is 2.38. The molecule has 0 saturated heterocycles. The van der Waals surface area contributed by atoms with Crippen LogP contribution in [0.25, 0.3) is 11.0 Å². The summed E-state index contributed by atoms with van der Waals surface area (Å²) in [5.74, 6) is 7.49. The highest BCUT2D eigenvalue weighted by atomic mass is 19.1. The summed E-state index contributed by atoms with van der Waals surface area (Å²) >= 11 is 0. The number of halogens is 1. The van der Waals surface area contributed by atoms with Crippen molar-refractivity contribution in [2.45, 2.75) is 32.2 Å². The quantitative estimate of drug-likeness (QED) is 0.657. The fraction of sp³-hybridized carbons (Fsp3) is 0.467. The Morgan fingerprint density at radius 3 is 2.89 bits per heavy atom. The Morgan fingerprint density at radius 1 is 1.37 bits per heavy atom. The van der Waals surface area contributed by atoms with Crippen molar-refractivity contribution in [2.24, 2.45) is 17.7 Å². The Hall–Kier alpha value is -1.39. The van der Waals surface area contributed by atoms with Gasteiger partial charge in [-0.3, -0.25) is 5.84 Å². The van der Waals surface area contributed by atoms with Gasteiger partial charge in [-0.25, -0.2) is 9.82 Å². The first-order valence-electron chi connectivity index (χ1n) is 6.82. The second-order valence-electron chi connectivity index (χ2n) is 5.65. The number of nitrogens with one attached hydrogen (secondary N) is 1. The van der Waals surface area contributed by atoms with Gasteiger partial charge in [-0.15, -0.1) is 0 Å². The summed E-state index contributed by atoms with van der Waals surface area (Å²) in [5, 5.41) is 0.793. The van der Waals surface area contributed by atoms with E-state index in [-0.39, 0.29) is 11.9 Å². The molecule has 1 fully saturated rings. The molecule has 0 bridgehead atoms. The van der Waals surface area contributed by atoms with Crippen LogP contribution in [0.5, 0.6) is 0 Å². The van der Waals surface area contributed by atoms with Crippen molar-refractivity contribution >= 4 is 11.0 Å². The van der Waals surface area contributed by atoms with E-state index in [0.29, 0.717) is 11.5 Å². The molecule has 1 aromatic heterocycles. The van der Waals surface area contributed by atoms with Crippen molar-refractivity contribution in [3.63, 3.8) is 0 Å². The van der Waals surface area contributed by atoms with Crippen molar-refractivity contribution in [3.05, 3.63) is 35.8 Å². The summed E-state index contributed by atoms with van der Waals surface area (Å²) in [6.07, 6.45) is 3.54. The third-order valence-corrected chi connectivity index (χ3v) is 4.19. The van der Waals surface area contributed by atoms with Gasteiger partial charge in [0.15, 0.2) is 0 Å². The Kier molecular flexibility index (Phi) is 3.29. The molecule has 102 valence electrons. The SMILES string of the molecule is CC1CCC(C(NN)c2cc3cc(F)ccc3o2)C1. The number of furan rings is 1. The average Bonchev–Trinajstić information content (AvgIpc) is 2.96. The molecule has 0 aliphatic heterocycles. The Labute approximate surface area is 111 Å². The molecule has 3 unspecified atom stereocenters. The van der Waals surface area contributed by atoms with E-state index in [9.17, 15) is 4.39 Å². The molecule has 2 aromatic rings. The van der Waals surface area contributed by atoms with Gasteiger partial charge in [0.25, 0.3) is 0 Å². The topological polar surface area (TPSA) is 51.2 Å². The van der Waals surface area contributed by atoms with Crippen LogP contribution in [-0.2, 0) is 0 Å². The normalized spacial score (nSPS) is 25.0. The zero-order chi connectivity index (χ0) is 13.4. The van der Waals surface area contributed by atoms with E-state index >= 15 is 0 Å². The van der Waals surface area contributed by atoms with E-state index in [0.717, 1.165) is 29.9 Å². The van der Waals surface area contributed by atoms with Gasteiger partial charge in [-0.05, 0) is 48.9 Å². The molecule has 19 heavy (non-hydrogen) atoms. The van der Waals surface area contributed by atoms with Gasteiger partial charge in [0.1, 0.15) is 17.2 Å². The van der Waals surface area contributed by atoms with Crippen LogP contribution in [-0.4, -0.2) is 0 Å². The first-order chi connectivity index (χ1) is 9.17. The summed E-state index contributed by atoms with van der Waals surface area (Å²) in [5.41, 5.74) is 3.58. The summed E-state index contributed by atoms with van der Waals surface area (Å²) in [7, 11) is 0. The molecule has 1 saturated carbocycles. The lowest BCUT2D eigenvalue weighted by Gasteiger charge is -2.20. The summed E-state index contributed by atoms with van der Waals surface area (Å²) < 4.78 is 19.0. The van der Waals surface area contributed by atoms with Crippen molar-refractivity contribution < 1.29 is 8.81 Å². The van der Waals surface area contributed by atoms with Gasteiger partial charge < -0.3 is 4.42 Å². The van der Waals surface area contributed by atoms with E-state index in [1.165, 1.54) is 18.6 Å². The smallest absolute Gasteiger partial charge is 0.134 e. The Bertz CT molecular complexity index is 581. The molecule has 3 N–H and O–H groups in total. The number of nitrogens with two attached hydrogens (primary N) is 1. The zero-order valence-corrected chi connectivity index (χ0v) is 11.0. The lowest BCUT2D eigenvalue weighted by molar-refractivity contribution is 0.317. The van der Waals surface area contributed by atoms with Crippen molar-refractivity contribution in [1.29, 1.82) is 0 Å². The highest BCUT2D eigenvalue weighted by Crippen LogP contribution is 2.39. The highest BCUT2D eigenvalue weighted by Gasteiger charge is 2.31. The first-order valence-corrected chi connectivity index (χ1v) is 6.82. The molecular formula is C15H19FN2O. The van der Waals surface area contributed by atoms with Crippen LogP contribution in [0.3, 0.4) is 0 Å². The van der Waals surface area contributed by atoms with Crippen LogP contribution in [0, 0.1) is 17.7 Å². The van der Waals surface area contributed by atoms with Crippen LogP contribution >= 0.6 is 0 Å². The number of fused-ring (bicyclic) bond motifs is 1. The molecule has 3 atom stereocenters. The van der Waals surface area contributed by atoms with Crippen molar-refractivity contribution in [1.82, 2.24) is 5.43 Å². The number of benzene rings is 1.